The number of rotatable bonds is 4. The Bertz CT molecular complexity index is 408. The largest absolute Gasteiger partial charge is 0.504 e. The molecule has 0 bridgehead atoms. The van der Waals surface area contributed by atoms with E-state index in [0.717, 1.165) is 18.6 Å². The zero-order valence-electron chi connectivity index (χ0n) is 11.1. The van der Waals surface area contributed by atoms with Gasteiger partial charge in [0.05, 0.1) is 13.2 Å². The minimum Gasteiger partial charge on any atom is -0.504 e. The summed E-state index contributed by atoms with van der Waals surface area (Å²) in [6.07, 6.45) is 1.30. The molecule has 1 aromatic rings. The third-order valence-corrected chi connectivity index (χ3v) is 3.54. The van der Waals surface area contributed by atoms with E-state index < -0.39 is 0 Å². The maximum absolute atomic E-state index is 9.58. The van der Waals surface area contributed by atoms with E-state index in [2.05, 4.69) is 19.2 Å². The maximum atomic E-state index is 9.58. The van der Waals surface area contributed by atoms with Crippen LogP contribution < -0.4 is 10.1 Å². The number of phenols is 1. The number of methoxy groups -OCH3 is 1. The molecule has 0 aliphatic carbocycles. The van der Waals surface area contributed by atoms with E-state index in [-0.39, 0.29) is 17.9 Å². The van der Waals surface area contributed by atoms with Crippen molar-refractivity contribution in [3.05, 3.63) is 23.8 Å². The molecule has 1 aromatic carbocycles. The Kier molecular flexibility index (Phi) is 4.09. The quantitative estimate of drug-likeness (QED) is 0.861. The fourth-order valence-electron chi connectivity index (χ4n) is 2.33. The van der Waals surface area contributed by atoms with Gasteiger partial charge in [0.15, 0.2) is 11.5 Å². The molecule has 2 rings (SSSR count). The first-order chi connectivity index (χ1) is 8.61. The van der Waals surface area contributed by atoms with Crippen molar-refractivity contribution in [3.63, 3.8) is 0 Å². The summed E-state index contributed by atoms with van der Waals surface area (Å²) in [7, 11) is 1.56. The molecule has 0 radical (unpaired) electrons. The second-order valence-electron chi connectivity index (χ2n) is 4.79. The highest BCUT2D eigenvalue weighted by Gasteiger charge is 2.25. The highest BCUT2D eigenvalue weighted by atomic mass is 16.5. The van der Waals surface area contributed by atoms with Crippen molar-refractivity contribution in [3.8, 4) is 11.5 Å². The normalized spacial score (nSPS) is 25.1. The van der Waals surface area contributed by atoms with Crippen LogP contribution in [0.4, 0.5) is 0 Å². The Morgan fingerprint density at radius 2 is 2.28 bits per heavy atom. The molecular formula is C14H21NO3. The van der Waals surface area contributed by atoms with Crippen molar-refractivity contribution >= 4 is 0 Å². The van der Waals surface area contributed by atoms with Crippen LogP contribution in [-0.2, 0) is 4.74 Å². The summed E-state index contributed by atoms with van der Waals surface area (Å²) in [6, 6.07) is 6.04. The van der Waals surface area contributed by atoms with Gasteiger partial charge in [0.1, 0.15) is 0 Å². The molecule has 0 spiro atoms. The maximum Gasteiger partial charge on any atom is 0.160 e. The van der Waals surface area contributed by atoms with Crippen LogP contribution in [0, 0.1) is 0 Å². The number of hydrogen-bond acceptors (Lipinski definition) is 4. The highest BCUT2D eigenvalue weighted by molar-refractivity contribution is 5.42. The van der Waals surface area contributed by atoms with Crippen LogP contribution in [-0.4, -0.2) is 31.0 Å². The molecule has 2 N–H and O–H groups in total. The van der Waals surface area contributed by atoms with Gasteiger partial charge in [-0.3, -0.25) is 0 Å². The average molecular weight is 251 g/mol. The van der Waals surface area contributed by atoms with Gasteiger partial charge >= 0.3 is 0 Å². The topological polar surface area (TPSA) is 50.7 Å². The average Bonchev–Trinajstić information content (AvgIpc) is 2.75. The van der Waals surface area contributed by atoms with Crippen molar-refractivity contribution in [1.29, 1.82) is 0 Å². The lowest BCUT2D eigenvalue weighted by molar-refractivity contribution is 0.111. The van der Waals surface area contributed by atoms with Crippen molar-refractivity contribution in [2.24, 2.45) is 0 Å². The van der Waals surface area contributed by atoms with Crippen LogP contribution in [0.1, 0.15) is 31.9 Å². The van der Waals surface area contributed by atoms with E-state index >= 15 is 0 Å². The molecule has 18 heavy (non-hydrogen) atoms. The second-order valence-corrected chi connectivity index (χ2v) is 4.79. The van der Waals surface area contributed by atoms with Gasteiger partial charge in [-0.2, -0.15) is 0 Å². The minimum absolute atomic E-state index is 0.172. The standard InChI is InChI=1S/C14H21NO3/c1-9(15-12-6-7-18-10(12)2)11-4-5-13(16)14(8-11)17-3/h4-5,8-10,12,15-16H,6-7H2,1-3H3. The number of ether oxygens (including phenoxy) is 2. The van der Waals surface area contributed by atoms with Gasteiger partial charge in [0, 0.05) is 18.7 Å². The predicted octanol–water partition coefficient (Wildman–Crippen LogP) is 2.23. The van der Waals surface area contributed by atoms with Crippen LogP contribution in [0.5, 0.6) is 11.5 Å². The fraction of sp³-hybridized carbons (Fsp3) is 0.571. The molecule has 1 aliphatic heterocycles. The van der Waals surface area contributed by atoms with Crippen molar-refractivity contribution < 1.29 is 14.6 Å². The summed E-state index contributed by atoms with van der Waals surface area (Å²) in [6.45, 7) is 5.02. The molecule has 4 nitrogen and oxygen atoms in total. The zero-order valence-corrected chi connectivity index (χ0v) is 11.1. The van der Waals surface area contributed by atoms with E-state index in [1.54, 1.807) is 13.2 Å². The van der Waals surface area contributed by atoms with Crippen LogP contribution in [0.3, 0.4) is 0 Å². The zero-order chi connectivity index (χ0) is 13.1. The fourth-order valence-corrected chi connectivity index (χ4v) is 2.33. The SMILES string of the molecule is COc1cc(C(C)NC2CCOC2C)ccc1O. The van der Waals surface area contributed by atoms with E-state index in [1.165, 1.54) is 0 Å². The lowest BCUT2D eigenvalue weighted by atomic mass is 10.0. The molecule has 1 aliphatic rings. The highest BCUT2D eigenvalue weighted by Crippen LogP contribution is 2.29. The van der Waals surface area contributed by atoms with Gasteiger partial charge < -0.3 is 19.9 Å². The first-order valence-electron chi connectivity index (χ1n) is 6.36. The van der Waals surface area contributed by atoms with Crippen molar-refractivity contribution in [2.45, 2.75) is 38.5 Å². The minimum atomic E-state index is 0.172. The third kappa shape index (κ3) is 2.76. The number of benzene rings is 1. The van der Waals surface area contributed by atoms with Crippen molar-refractivity contribution in [2.75, 3.05) is 13.7 Å². The van der Waals surface area contributed by atoms with E-state index in [4.69, 9.17) is 9.47 Å². The molecule has 1 heterocycles. The predicted molar refractivity (Wildman–Crippen MR) is 70.0 cm³/mol. The van der Waals surface area contributed by atoms with Gasteiger partial charge in [-0.25, -0.2) is 0 Å². The first-order valence-corrected chi connectivity index (χ1v) is 6.36. The lowest BCUT2D eigenvalue weighted by Gasteiger charge is -2.22. The summed E-state index contributed by atoms with van der Waals surface area (Å²) in [4.78, 5) is 0. The van der Waals surface area contributed by atoms with Gasteiger partial charge in [0.25, 0.3) is 0 Å². The first kappa shape index (κ1) is 13.2. The molecule has 0 saturated carbocycles. The molecule has 1 saturated heterocycles. The Morgan fingerprint density at radius 3 is 2.89 bits per heavy atom. The lowest BCUT2D eigenvalue weighted by Crippen LogP contribution is -2.36. The number of phenolic OH excluding ortho intramolecular Hbond substituents is 1. The Balaban J connectivity index is 2.06. The van der Waals surface area contributed by atoms with Crippen LogP contribution >= 0.6 is 0 Å². The number of aromatic hydroxyl groups is 1. The Morgan fingerprint density at radius 1 is 1.50 bits per heavy atom. The van der Waals surface area contributed by atoms with Gasteiger partial charge in [0.2, 0.25) is 0 Å². The van der Waals surface area contributed by atoms with Gasteiger partial charge in [-0.1, -0.05) is 6.07 Å². The van der Waals surface area contributed by atoms with Crippen LogP contribution in [0.25, 0.3) is 0 Å². The molecule has 3 unspecified atom stereocenters. The molecule has 1 fully saturated rings. The van der Waals surface area contributed by atoms with Crippen LogP contribution in [0.2, 0.25) is 0 Å². The smallest absolute Gasteiger partial charge is 0.160 e. The second kappa shape index (κ2) is 5.59. The molecule has 4 heteroatoms. The molecule has 3 atom stereocenters. The van der Waals surface area contributed by atoms with E-state index in [9.17, 15) is 5.11 Å². The van der Waals surface area contributed by atoms with Crippen LogP contribution in [0.15, 0.2) is 18.2 Å². The van der Waals surface area contributed by atoms with Crippen molar-refractivity contribution in [1.82, 2.24) is 5.32 Å². The molecule has 0 aromatic heterocycles. The summed E-state index contributed by atoms with van der Waals surface area (Å²) >= 11 is 0. The summed E-state index contributed by atoms with van der Waals surface area (Å²) in [5.74, 6) is 0.683. The third-order valence-electron chi connectivity index (χ3n) is 3.54. The van der Waals surface area contributed by atoms with E-state index in [1.807, 2.05) is 12.1 Å². The summed E-state index contributed by atoms with van der Waals surface area (Å²) in [5, 5.41) is 13.1. The summed E-state index contributed by atoms with van der Waals surface area (Å²) in [5.41, 5.74) is 1.10. The molecule has 0 amide bonds. The molecule has 100 valence electrons. The number of hydrogen-bond donors (Lipinski definition) is 2. The Hall–Kier alpha value is -1.26. The monoisotopic (exact) mass is 251 g/mol. The van der Waals surface area contributed by atoms with E-state index in [0.29, 0.717) is 11.8 Å². The molecular weight excluding hydrogens is 230 g/mol. The van der Waals surface area contributed by atoms with Gasteiger partial charge in [-0.05, 0) is 38.0 Å². The van der Waals surface area contributed by atoms with Gasteiger partial charge in [-0.15, -0.1) is 0 Å². The summed E-state index contributed by atoms with van der Waals surface area (Å²) < 4.78 is 10.7. The Labute approximate surface area is 108 Å². The number of nitrogens with one attached hydrogen (secondary N) is 1.